The monoisotopic (exact) mass is 290 g/mol. The molecule has 0 aliphatic carbocycles. The molecule has 2 rings (SSSR count). The van der Waals surface area contributed by atoms with E-state index in [1.54, 1.807) is 36.4 Å². The van der Waals surface area contributed by atoms with Crippen LogP contribution in [0.25, 0.3) is 0 Å². The van der Waals surface area contributed by atoms with Crippen molar-refractivity contribution < 1.29 is 19.4 Å². The number of aliphatic hydroxyl groups is 1. The minimum Gasteiger partial charge on any atom is -0.423 e. The van der Waals surface area contributed by atoms with E-state index in [4.69, 9.17) is 16.3 Å². The molecular formula is C15H11ClO4. The van der Waals surface area contributed by atoms with Crippen molar-refractivity contribution in [1.29, 1.82) is 0 Å². The summed E-state index contributed by atoms with van der Waals surface area (Å²) >= 11 is 5.65. The van der Waals surface area contributed by atoms with Crippen LogP contribution in [0.3, 0.4) is 0 Å². The highest BCUT2D eigenvalue weighted by atomic mass is 35.5. The van der Waals surface area contributed by atoms with E-state index in [0.717, 1.165) is 0 Å². The summed E-state index contributed by atoms with van der Waals surface area (Å²) in [6, 6.07) is 15.9. The molecule has 1 atom stereocenters. The molecule has 0 aromatic heterocycles. The predicted octanol–water partition coefficient (Wildman–Crippen LogP) is 2.40. The van der Waals surface area contributed by atoms with Crippen LogP contribution in [-0.2, 0) is 4.79 Å². The van der Waals surface area contributed by atoms with E-state index in [1.807, 2.05) is 0 Å². The second-order valence-electron chi connectivity index (χ2n) is 4.02. The summed E-state index contributed by atoms with van der Waals surface area (Å²) in [7, 11) is 0. The van der Waals surface area contributed by atoms with Crippen LogP contribution >= 0.6 is 11.6 Å². The normalized spacial score (nSPS) is 13.3. The fourth-order valence-corrected chi connectivity index (χ4v) is 1.68. The van der Waals surface area contributed by atoms with Crippen LogP contribution in [0.1, 0.15) is 10.4 Å². The SMILES string of the molecule is O=C(Oc1ccccc1)C(O)(Cl)C(=O)c1ccccc1. The van der Waals surface area contributed by atoms with Gasteiger partial charge in [0, 0.05) is 5.56 Å². The first-order chi connectivity index (χ1) is 9.51. The van der Waals surface area contributed by atoms with E-state index in [0.29, 0.717) is 0 Å². The molecule has 0 heterocycles. The van der Waals surface area contributed by atoms with E-state index in [9.17, 15) is 14.7 Å². The first-order valence-electron chi connectivity index (χ1n) is 5.80. The van der Waals surface area contributed by atoms with Crippen LogP contribution in [0, 0.1) is 0 Å². The summed E-state index contributed by atoms with van der Waals surface area (Å²) in [5.41, 5.74) is 0.120. The topological polar surface area (TPSA) is 63.6 Å². The number of para-hydroxylation sites is 1. The first kappa shape index (κ1) is 14.2. The molecule has 1 N–H and O–H groups in total. The first-order valence-corrected chi connectivity index (χ1v) is 6.18. The lowest BCUT2D eigenvalue weighted by Crippen LogP contribution is -2.44. The van der Waals surface area contributed by atoms with Crippen LogP contribution in [0.2, 0.25) is 0 Å². The Kier molecular flexibility index (Phi) is 4.17. The lowest BCUT2D eigenvalue weighted by molar-refractivity contribution is -0.143. The summed E-state index contributed by atoms with van der Waals surface area (Å²) in [6.07, 6.45) is 0. The Morgan fingerprint density at radius 2 is 1.45 bits per heavy atom. The Balaban J connectivity index is 2.17. The number of alkyl halides is 1. The summed E-state index contributed by atoms with van der Waals surface area (Å²) in [4.78, 5) is 23.8. The zero-order valence-electron chi connectivity index (χ0n) is 10.3. The van der Waals surface area contributed by atoms with Gasteiger partial charge in [0.05, 0.1) is 0 Å². The fraction of sp³-hybridized carbons (Fsp3) is 0.0667. The molecule has 102 valence electrons. The molecule has 0 spiro atoms. The second kappa shape index (κ2) is 5.86. The van der Waals surface area contributed by atoms with Gasteiger partial charge in [-0.15, -0.1) is 0 Å². The number of ketones is 1. The van der Waals surface area contributed by atoms with E-state index in [2.05, 4.69) is 0 Å². The number of hydrogen-bond acceptors (Lipinski definition) is 4. The molecule has 1 unspecified atom stereocenters. The van der Waals surface area contributed by atoms with Crippen LogP contribution in [-0.4, -0.2) is 21.9 Å². The number of Topliss-reactive ketones (excluding diaryl/α,β-unsaturated/α-hetero) is 1. The summed E-state index contributed by atoms with van der Waals surface area (Å²) in [5.74, 6) is -1.97. The highest BCUT2D eigenvalue weighted by Crippen LogP contribution is 2.22. The average Bonchev–Trinajstić information content (AvgIpc) is 2.48. The minimum absolute atomic E-state index is 0.120. The third kappa shape index (κ3) is 3.04. The van der Waals surface area contributed by atoms with Crippen LogP contribution in [0.4, 0.5) is 0 Å². The van der Waals surface area contributed by atoms with Gasteiger partial charge in [-0.25, -0.2) is 4.79 Å². The quantitative estimate of drug-likeness (QED) is 0.309. The number of benzene rings is 2. The van der Waals surface area contributed by atoms with Gasteiger partial charge in [0.2, 0.25) is 5.78 Å². The zero-order chi connectivity index (χ0) is 14.6. The van der Waals surface area contributed by atoms with E-state index < -0.39 is 16.8 Å². The summed E-state index contributed by atoms with van der Waals surface area (Å²) < 4.78 is 4.88. The minimum atomic E-state index is -2.75. The largest absolute Gasteiger partial charge is 0.423 e. The second-order valence-corrected chi connectivity index (χ2v) is 4.57. The van der Waals surface area contributed by atoms with Crippen molar-refractivity contribution in [2.75, 3.05) is 0 Å². The summed E-state index contributed by atoms with van der Waals surface area (Å²) in [5, 5.41) is 7.15. The lowest BCUT2D eigenvalue weighted by atomic mass is 10.1. The number of rotatable bonds is 4. The molecule has 0 aliphatic heterocycles. The maximum Gasteiger partial charge on any atom is 0.368 e. The Morgan fingerprint density at radius 3 is 2.00 bits per heavy atom. The molecule has 0 fully saturated rings. The molecule has 2 aromatic rings. The van der Waals surface area contributed by atoms with Crippen molar-refractivity contribution in [3.63, 3.8) is 0 Å². The van der Waals surface area contributed by atoms with Gasteiger partial charge < -0.3 is 9.84 Å². The number of esters is 1. The fourth-order valence-electron chi connectivity index (χ4n) is 1.54. The Hall–Kier alpha value is -2.17. The van der Waals surface area contributed by atoms with Crippen LogP contribution in [0.5, 0.6) is 5.75 Å². The molecule has 0 bridgehead atoms. The highest BCUT2D eigenvalue weighted by molar-refractivity contribution is 6.46. The van der Waals surface area contributed by atoms with Gasteiger partial charge >= 0.3 is 11.0 Å². The van der Waals surface area contributed by atoms with Gasteiger partial charge in [0.15, 0.2) is 0 Å². The van der Waals surface area contributed by atoms with Gasteiger partial charge in [-0.1, -0.05) is 60.1 Å². The Morgan fingerprint density at radius 1 is 0.950 bits per heavy atom. The van der Waals surface area contributed by atoms with Crippen molar-refractivity contribution in [3.8, 4) is 5.75 Å². The maximum absolute atomic E-state index is 12.0. The van der Waals surface area contributed by atoms with Crippen molar-refractivity contribution >= 4 is 23.4 Å². The third-order valence-electron chi connectivity index (χ3n) is 2.56. The number of ether oxygens (including phenoxy) is 1. The maximum atomic E-state index is 12.0. The molecule has 20 heavy (non-hydrogen) atoms. The number of carbonyl (C=O) groups is 2. The van der Waals surface area contributed by atoms with Gasteiger partial charge in [-0.3, -0.25) is 4.79 Å². The van der Waals surface area contributed by atoms with Crippen molar-refractivity contribution in [3.05, 3.63) is 66.2 Å². The molecule has 0 radical (unpaired) electrons. The highest BCUT2D eigenvalue weighted by Gasteiger charge is 2.44. The molecule has 5 heteroatoms. The van der Waals surface area contributed by atoms with Crippen LogP contribution < -0.4 is 4.74 Å². The van der Waals surface area contributed by atoms with Crippen LogP contribution in [0.15, 0.2) is 60.7 Å². The predicted molar refractivity (Wildman–Crippen MR) is 73.7 cm³/mol. The Bertz CT molecular complexity index is 608. The zero-order valence-corrected chi connectivity index (χ0v) is 11.1. The van der Waals surface area contributed by atoms with Gasteiger partial charge in [-0.05, 0) is 12.1 Å². The van der Waals surface area contributed by atoms with E-state index in [-0.39, 0.29) is 11.3 Å². The lowest BCUT2D eigenvalue weighted by Gasteiger charge is -2.17. The summed E-state index contributed by atoms with van der Waals surface area (Å²) in [6.45, 7) is 0. The van der Waals surface area contributed by atoms with E-state index >= 15 is 0 Å². The molecule has 0 amide bonds. The molecular weight excluding hydrogens is 280 g/mol. The number of halogens is 1. The van der Waals surface area contributed by atoms with Crippen molar-refractivity contribution in [2.24, 2.45) is 0 Å². The van der Waals surface area contributed by atoms with Gasteiger partial charge in [-0.2, -0.15) is 0 Å². The average molecular weight is 291 g/mol. The van der Waals surface area contributed by atoms with Gasteiger partial charge in [0.25, 0.3) is 0 Å². The Labute approximate surface area is 120 Å². The molecule has 0 aliphatic rings. The smallest absolute Gasteiger partial charge is 0.368 e. The molecule has 2 aromatic carbocycles. The molecule has 0 saturated carbocycles. The standard InChI is InChI=1S/C15H11ClO4/c16-15(19,13(17)11-7-3-1-4-8-11)14(18)20-12-9-5-2-6-10-12/h1-10,19H. The molecule has 4 nitrogen and oxygen atoms in total. The van der Waals surface area contributed by atoms with Crippen molar-refractivity contribution in [2.45, 2.75) is 5.06 Å². The molecule has 0 saturated heterocycles. The van der Waals surface area contributed by atoms with Crippen molar-refractivity contribution in [1.82, 2.24) is 0 Å². The van der Waals surface area contributed by atoms with Gasteiger partial charge in [0.1, 0.15) is 5.75 Å². The van der Waals surface area contributed by atoms with E-state index in [1.165, 1.54) is 24.3 Å². The number of hydrogen-bond donors (Lipinski definition) is 1. The third-order valence-corrected chi connectivity index (χ3v) is 2.89. The number of carbonyl (C=O) groups excluding carboxylic acids is 2.